The van der Waals surface area contributed by atoms with E-state index in [1.165, 1.54) is 5.75 Å². The van der Waals surface area contributed by atoms with Crippen molar-refractivity contribution in [1.82, 2.24) is 9.88 Å². The van der Waals surface area contributed by atoms with Crippen LogP contribution in [0.4, 0.5) is 0 Å². The quantitative estimate of drug-likeness (QED) is 0.769. The molecule has 1 aromatic rings. The highest BCUT2D eigenvalue weighted by molar-refractivity contribution is 7.99. The van der Waals surface area contributed by atoms with Crippen molar-refractivity contribution in [3.05, 3.63) is 30.1 Å². The maximum absolute atomic E-state index is 12.7. The van der Waals surface area contributed by atoms with Crippen LogP contribution in [0.25, 0.3) is 0 Å². The first-order valence-electron chi connectivity index (χ1n) is 8.71. The van der Waals surface area contributed by atoms with Gasteiger partial charge in [0.05, 0.1) is 6.10 Å². The third kappa shape index (κ3) is 4.95. The van der Waals surface area contributed by atoms with Crippen molar-refractivity contribution in [2.45, 2.75) is 50.7 Å². The van der Waals surface area contributed by atoms with E-state index < -0.39 is 0 Å². The van der Waals surface area contributed by atoms with Crippen molar-refractivity contribution in [2.75, 3.05) is 24.7 Å². The Morgan fingerprint density at radius 2 is 2.35 bits per heavy atom. The Bertz CT molecular complexity index is 485. The van der Waals surface area contributed by atoms with E-state index >= 15 is 0 Å². The molecule has 2 atom stereocenters. The molecule has 126 valence electrons. The number of rotatable bonds is 7. The molecule has 1 amide bonds. The summed E-state index contributed by atoms with van der Waals surface area (Å²) in [5.41, 5.74) is 1.07. The number of ether oxygens (including phenoxy) is 1. The van der Waals surface area contributed by atoms with E-state index in [-0.39, 0.29) is 6.10 Å². The molecule has 3 rings (SSSR count). The highest BCUT2D eigenvalue weighted by Gasteiger charge is 2.30. The second-order valence-corrected chi connectivity index (χ2v) is 7.52. The van der Waals surface area contributed by atoms with Gasteiger partial charge in [0.25, 0.3) is 0 Å². The minimum atomic E-state index is 0.250. The highest BCUT2D eigenvalue weighted by atomic mass is 32.2. The third-order valence-electron chi connectivity index (χ3n) is 4.64. The van der Waals surface area contributed by atoms with Crippen molar-refractivity contribution in [2.24, 2.45) is 0 Å². The van der Waals surface area contributed by atoms with E-state index in [0.29, 0.717) is 18.4 Å². The van der Waals surface area contributed by atoms with Gasteiger partial charge < -0.3 is 9.64 Å². The summed E-state index contributed by atoms with van der Waals surface area (Å²) in [5.74, 6) is 2.55. The fourth-order valence-corrected chi connectivity index (χ4v) is 4.56. The molecule has 0 aliphatic carbocycles. The second kappa shape index (κ2) is 8.69. The summed E-state index contributed by atoms with van der Waals surface area (Å²) in [6, 6.07) is 6.37. The first kappa shape index (κ1) is 16.8. The van der Waals surface area contributed by atoms with Crippen LogP contribution < -0.4 is 0 Å². The van der Waals surface area contributed by atoms with Gasteiger partial charge in [0.1, 0.15) is 0 Å². The minimum Gasteiger partial charge on any atom is -0.376 e. The van der Waals surface area contributed by atoms with Gasteiger partial charge in [-0.1, -0.05) is 6.07 Å². The Balaban J connectivity index is 1.51. The van der Waals surface area contributed by atoms with Crippen LogP contribution in [-0.2, 0) is 16.0 Å². The lowest BCUT2D eigenvalue weighted by atomic mass is 10.1. The molecule has 0 spiro atoms. The third-order valence-corrected chi connectivity index (χ3v) is 5.79. The number of amides is 1. The first-order valence-corrected chi connectivity index (χ1v) is 9.87. The average molecular weight is 334 g/mol. The second-order valence-electron chi connectivity index (χ2n) is 6.37. The summed E-state index contributed by atoms with van der Waals surface area (Å²) in [7, 11) is 0. The van der Waals surface area contributed by atoms with Crippen LogP contribution in [0.3, 0.4) is 0 Å². The first-order chi connectivity index (χ1) is 11.3. The fraction of sp³-hybridized carbons (Fsp3) is 0.667. The van der Waals surface area contributed by atoms with Gasteiger partial charge in [0, 0.05) is 43.3 Å². The van der Waals surface area contributed by atoms with Gasteiger partial charge in [-0.15, -0.1) is 0 Å². The SMILES string of the molecule is O=C(CCCc1ccccn1)N(C[C@@H]1CCCO1)[C@@H]1CCSC1. The summed E-state index contributed by atoms with van der Waals surface area (Å²) in [6.07, 6.45) is 7.78. The molecule has 3 heterocycles. The van der Waals surface area contributed by atoms with Crippen LogP contribution in [0.1, 0.15) is 37.8 Å². The summed E-state index contributed by atoms with van der Waals surface area (Å²) in [4.78, 5) is 19.2. The maximum Gasteiger partial charge on any atom is 0.222 e. The van der Waals surface area contributed by atoms with Gasteiger partial charge >= 0.3 is 0 Å². The van der Waals surface area contributed by atoms with E-state index in [9.17, 15) is 4.79 Å². The van der Waals surface area contributed by atoms with Crippen molar-refractivity contribution in [3.8, 4) is 0 Å². The molecule has 2 aliphatic heterocycles. The van der Waals surface area contributed by atoms with Gasteiger partial charge in [-0.05, 0) is 50.0 Å². The molecule has 0 radical (unpaired) electrons. The lowest BCUT2D eigenvalue weighted by Crippen LogP contribution is -2.44. The predicted octanol–water partition coefficient (Wildman–Crippen LogP) is 2.92. The minimum absolute atomic E-state index is 0.250. The lowest BCUT2D eigenvalue weighted by Gasteiger charge is -2.31. The number of nitrogens with zero attached hydrogens (tertiary/aromatic N) is 2. The van der Waals surface area contributed by atoms with E-state index in [2.05, 4.69) is 9.88 Å². The van der Waals surface area contributed by atoms with Crippen LogP contribution in [-0.4, -0.2) is 52.6 Å². The van der Waals surface area contributed by atoms with E-state index in [0.717, 1.165) is 56.7 Å². The Labute approximate surface area is 143 Å². The van der Waals surface area contributed by atoms with Crippen LogP contribution in [0.5, 0.6) is 0 Å². The topological polar surface area (TPSA) is 42.4 Å². The van der Waals surface area contributed by atoms with Gasteiger partial charge in [0.15, 0.2) is 0 Å². The van der Waals surface area contributed by atoms with Crippen LogP contribution in [0.2, 0.25) is 0 Å². The summed E-state index contributed by atoms with van der Waals surface area (Å²) >= 11 is 1.96. The van der Waals surface area contributed by atoms with Crippen LogP contribution >= 0.6 is 11.8 Å². The number of pyridine rings is 1. The summed E-state index contributed by atoms with van der Waals surface area (Å²) < 4.78 is 5.76. The van der Waals surface area contributed by atoms with E-state index in [1.54, 1.807) is 0 Å². The van der Waals surface area contributed by atoms with Crippen molar-refractivity contribution < 1.29 is 9.53 Å². The predicted molar refractivity (Wildman–Crippen MR) is 93.6 cm³/mol. The Morgan fingerprint density at radius 3 is 3.04 bits per heavy atom. The van der Waals surface area contributed by atoms with Crippen molar-refractivity contribution >= 4 is 17.7 Å². The molecule has 0 bridgehead atoms. The molecular weight excluding hydrogens is 308 g/mol. The number of aromatic nitrogens is 1. The zero-order valence-electron chi connectivity index (χ0n) is 13.7. The van der Waals surface area contributed by atoms with E-state index in [4.69, 9.17) is 4.74 Å². The Morgan fingerprint density at radius 1 is 1.39 bits per heavy atom. The molecule has 0 aromatic carbocycles. The van der Waals surface area contributed by atoms with Crippen molar-refractivity contribution in [1.29, 1.82) is 0 Å². The molecule has 2 saturated heterocycles. The van der Waals surface area contributed by atoms with E-state index in [1.807, 2.05) is 36.2 Å². The smallest absolute Gasteiger partial charge is 0.222 e. The number of hydrogen-bond donors (Lipinski definition) is 0. The largest absolute Gasteiger partial charge is 0.376 e. The van der Waals surface area contributed by atoms with Crippen LogP contribution in [0.15, 0.2) is 24.4 Å². The van der Waals surface area contributed by atoms with Crippen LogP contribution in [0, 0.1) is 0 Å². The molecule has 1 aromatic heterocycles. The fourth-order valence-electron chi connectivity index (χ4n) is 3.34. The Hall–Kier alpha value is -1.07. The number of hydrogen-bond acceptors (Lipinski definition) is 4. The molecule has 4 nitrogen and oxygen atoms in total. The monoisotopic (exact) mass is 334 g/mol. The normalized spacial score (nSPS) is 24.0. The number of aryl methyl sites for hydroxylation is 1. The standard InChI is InChI=1S/C18H26N2O2S/c21-18(8-3-6-15-5-1-2-10-19-15)20(16-9-12-23-14-16)13-17-7-4-11-22-17/h1-2,5,10,16-17H,3-4,6-9,11-14H2/t16-,17+/m1/s1. The van der Waals surface area contributed by atoms with Gasteiger partial charge in [-0.3, -0.25) is 9.78 Å². The van der Waals surface area contributed by atoms with Gasteiger partial charge in [-0.25, -0.2) is 0 Å². The molecular formula is C18H26N2O2S. The lowest BCUT2D eigenvalue weighted by molar-refractivity contribution is -0.134. The summed E-state index contributed by atoms with van der Waals surface area (Å²) in [6.45, 7) is 1.64. The molecule has 2 aliphatic rings. The zero-order valence-corrected chi connectivity index (χ0v) is 14.5. The molecule has 2 fully saturated rings. The highest BCUT2D eigenvalue weighted by Crippen LogP contribution is 2.25. The average Bonchev–Trinajstić information content (AvgIpc) is 3.27. The molecule has 0 saturated carbocycles. The summed E-state index contributed by atoms with van der Waals surface area (Å²) in [5, 5.41) is 0. The Kier molecular flexibility index (Phi) is 6.34. The van der Waals surface area contributed by atoms with Gasteiger partial charge in [0.2, 0.25) is 5.91 Å². The van der Waals surface area contributed by atoms with Gasteiger partial charge in [-0.2, -0.15) is 11.8 Å². The molecule has 0 N–H and O–H groups in total. The zero-order chi connectivity index (χ0) is 15.9. The molecule has 5 heteroatoms. The maximum atomic E-state index is 12.7. The van der Waals surface area contributed by atoms with Crippen molar-refractivity contribution in [3.63, 3.8) is 0 Å². The number of carbonyl (C=O) groups is 1. The number of thioether (sulfide) groups is 1. The molecule has 23 heavy (non-hydrogen) atoms. The molecule has 0 unspecified atom stereocenters. The number of carbonyl (C=O) groups excluding carboxylic acids is 1.